The lowest BCUT2D eigenvalue weighted by molar-refractivity contribution is 0.212. The molecule has 2 rings (SSSR count). The Hall–Kier alpha value is -2.03. The molecule has 0 saturated heterocycles. The minimum atomic E-state index is -0.174. The maximum atomic E-state index is 12.2. The van der Waals surface area contributed by atoms with E-state index in [0.717, 1.165) is 4.88 Å². The van der Waals surface area contributed by atoms with Gasteiger partial charge in [0.05, 0.1) is 22.5 Å². The molecule has 0 aliphatic heterocycles. The second kappa shape index (κ2) is 7.11. The molecule has 2 amide bonds. The lowest BCUT2D eigenvalue weighted by atomic mass is 10.2. The highest BCUT2D eigenvalue weighted by Crippen LogP contribution is 2.23. The van der Waals surface area contributed by atoms with Gasteiger partial charge in [-0.2, -0.15) is 5.26 Å². The topological polar surface area (TPSA) is 56.1 Å². The van der Waals surface area contributed by atoms with E-state index in [1.807, 2.05) is 25.1 Å². The van der Waals surface area contributed by atoms with Crippen LogP contribution in [0.3, 0.4) is 0 Å². The number of carbonyl (C=O) groups excluding carboxylic acids is 1. The van der Waals surface area contributed by atoms with Crippen molar-refractivity contribution in [1.82, 2.24) is 4.90 Å². The SMILES string of the molecule is CCN(Cc1ccc(Cl)s1)C(=O)Nc1ccc(C#N)cc1. The number of amides is 2. The number of urea groups is 1. The van der Waals surface area contributed by atoms with Gasteiger partial charge < -0.3 is 10.2 Å². The maximum absolute atomic E-state index is 12.2. The van der Waals surface area contributed by atoms with Crippen molar-refractivity contribution in [2.24, 2.45) is 0 Å². The Bertz CT molecular complexity index is 660. The lowest BCUT2D eigenvalue weighted by Crippen LogP contribution is -2.34. The predicted molar refractivity (Wildman–Crippen MR) is 85.6 cm³/mol. The molecule has 0 aliphatic carbocycles. The van der Waals surface area contributed by atoms with Gasteiger partial charge in [0.25, 0.3) is 0 Å². The van der Waals surface area contributed by atoms with Crippen LogP contribution in [-0.2, 0) is 6.54 Å². The van der Waals surface area contributed by atoms with Gasteiger partial charge in [-0.3, -0.25) is 0 Å². The van der Waals surface area contributed by atoms with Crippen molar-refractivity contribution in [2.45, 2.75) is 13.5 Å². The first-order chi connectivity index (χ1) is 10.1. The van der Waals surface area contributed by atoms with Crippen molar-refractivity contribution in [2.75, 3.05) is 11.9 Å². The van der Waals surface area contributed by atoms with E-state index < -0.39 is 0 Å². The zero-order chi connectivity index (χ0) is 15.2. The summed E-state index contributed by atoms with van der Waals surface area (Å²) < 4.78 is 0.716. The normalized spacial score (nSPS) is 9.95. The molecule has 0 atom stereocenters. The Morgan fingerprint density at radius 3 is 2.57 bits per heavy atom. The second-order valence-electron chi connectivity index (χ2n) is 4.34. The number of benzene rings is 1. The van der Waals surface area contributed by atoms with E-state index in [-0.39, 0.29) is 6.03 Å². The molecule has 4 nitrogen and oxygen atoms in total. The quantitative estimate of drug-likeness (QED) is 0.912. The molecular weight excluding hydrogens is 306 g/mol. The third kappa shape index (κ3) is 4.22. The molecule has 2 aromatic rings. The Balaban J connectivity index is 2.00. The minimum absolute atomic E-state index is 0.174. The summed E-state index contributed by atoms with van der Waals surface area (Å²) in [6.07, 6.45) is 0. The summed E-state index contributed by atoms with van der Waals surface area (Å²) >= 11 is 7.37. The number of rotatable bonds is 4. The van der Waals surface area contributed by atoms with Crippen molar-refractivity contribution in [3.8, 4) is 6.07 Å². The number of hydrogen-bond acceptors (Lipinski definition) is 3. The van der Waals surface area contributed by atoms with Crippen LogP contribution in [-0.4, -0.2) is 17.5 Å². The molecule has 0 fully saturated rings. The monoisotopic (exact) mass is 319 g/mol. The molecule has 1 N–H and O–H groups in total. The van der Waals surface area contributed by atoms with Crippen LogP contribution in [0.15, 0.2) is 36.4 Å². The maximum Gasteiger partial charge on any atom is 0.322 e. The molecule has 6 heteroatoms. The van der Waals surface area contributed by atoms with Crippen LogP contribution in [0.4, 0.5) is 10.5 Å². The van der Waals surface area contributed by atoms with Gasteiger partial charge in [0, 0.05) is 17.1 Å². The van der Waals surface area contributed by atoms with Crippen molar-refractivity contribution in [3.05, 3.63) is 51.2 Å². The molecule has 0 spiro atoms. The van der Waals surface area contributed by atoms with Crippen LogP contribution in [0.2, 0.25) is 4.34 Å². The van der Waals surface area contributed by atoms with Crippen LogP contribution in [0.25, 0.3) is 0 Å². The highest BCUT2D eigenvalue weighted by atomic mass is 35.5. The Morgan fingerprint density at radius 2 is 2.05 bits per heavy atom. The summed E-state index contributed by atoms with van der Waals surface area (Å²) in [7, 11) is 0. The molecule has 0 aliphatic rings. The lowest BCUT2D eigenvalue weighted by Gasteiger charge is -2.20. The number of halogens is 1. The smallest absolute Gasteiger partial charge is 0.320 e. The predicted octanol–water partition coefficient (Wildman–Crippen LogP) is 4.33. The van der Waals surface area contributed by atoms with Gasteiger partial charge in [-0.1, -0.05) is 11.6 Å². The largest absolute Gasteiger partial charge is 0.322 e. The minimum Gasteiger partial charge on any atom is -0.320 e. The van der Waals surface area contributed by atoms with E-state index in [2.05, 4.69) is 5.32 Å². The van der Waals surface area contributed by atoms with Crippen LogP contribution >= 0.6 is 22.9 Å². The van der Waals surface area contributed by atoms with Gasteiger partial charge in [0.15, 0.2) is 0 Å². The standard InChI is InChI=1S/C15H14ClN3OS/c1-2-19(10-13-7-8-14(16)21-13)15(20)18-12-5-3-11(9-17)4-6-12/h3-8H,2,10H2,1H3,(H,18,20). The van der Waals surface area contributed by atoms with Crippen LogP contribution in [0.5, 0.6) is 0 Å². The summed E-state index contributed by atoms with van der Waals surface area (Å²) in [4.78, 5) is 15.0. The average Bonchev–Trinajstić information content (AvgIpc) is 2.90. The molecule has 21 heavy (non-hydrogen) atoms. The van der Waals surface area contributed by atoms with Crippen LogP contribution < -0.4 is 5.32 Å². The zero-order valence-electron chi connectivity index (χ0n) is 11.5. The molecule has 108 valence electrons. The molecule has 1 aromatic heterocycles. The van der Waals surface area contributed by atoms with E-state index in [9.17, 15) is 4.79 Å². The first-order valence-corrected chi connectivity index (χ1v) is 7.62. The number of nitrogens with zero attached hydrogens (tertiary/aromatic N) is 2. The van der Waals surface area contributed by atoms with E-state index in [4.69, 9.17) is 16.9 Å². The first kappa shape index (κ1) is 15.4. The first-order valence-electron chi connectivity index (χ1n) is 6.42. The summed E-state index contributed by atoms with van der Waals surface area (Å²) in [6, 6.07) is 12.4. The Labute approximate surface area is 132 Å². The third-order valence-electron chi connectivity index (χ3n) is 2.91. The van der Waals surface area contributed by atoms with E-state index >= 15 is 0 Å². The average molecular weight is 320 g/mol. The van der Waals surface area contributed by atoms with Gasteiger partial charge in [-0.15, -0.1) is 11.3 Å². The van der Waals surface area contributed by atoms with Gasteiger partial charge >= 0.3 is 6.03 Å². The molecular formula is C15H14ClN3OS. The van der Waals surface area contributed by atoms with Crippen LogP contribution in [0, 0.1) is 11.3 Å². The van der Waals surface area contributed by atoms with Crippen molar-refractivity contribution < 1.29 is 4.79 Å². The number of nitriles is 1. The van der Waals surface area contributed by atoms with Crippen molar-refractivity contribution in [1.29, 1.82) is 5.26 Å². The number of hydrogen-bond donors (Lipinski definition) is 1. The molecule has 0 unspecified atom stereocenters. The van der Waals surface area contributed by atoms with E-state index in [1.165, 1.54) is 11.3 Å². The van der Waals surface area contributed by atoms with Crippen LogP contribution in [0.1, 0.15) is 17.4 Å². The second-order valence-corrected chi connectivity index (χ2v) is 6.14. The highest BCUT2D eigenvalue weighted by Gasteiger charge is 2.13. The fraction of sp³-hybridized carbons (Fsp3) is 0.200. The van der Waals surface area contributed by atoms with E-state index in [1.54, 1.807) is 29.2 Å². The number of nitrogens with one attached hydrogen (secondary N) is 1. The fourth-order valence-electron chi connectivity index (χ4n) is 1.78. The Morgan fingerprint density at radius 1 is 1.33 bits per heavy atom. The Kier molecular flexibility index (Phi) is 5.20. The van der Waals surface area contributed by atoms with Gasteiger partial charge in [-0.05, 0) is 43.3 Å². The number of carbonyl (C=O) groups is 1. The summed E-state index contributed by atoms with van der Waals surface area (Å²) in [5.41, 5.74) is 1.23. The zero-order valence-corrected chi connectivity index (χ0v) is 13.0. The number of thiophene rings is 1. The third-order valence-corrected chi connectivity index (χ3v) is 4.13. The van der Waals surface area contributed by atoms with Crippen molar-refractivity contribution in [3.63, 3.8) is 0 Å². The van der Waals surface area contributed by atoms with Gasteiger partial charge in [0.2, 0.25) is 0 Å². The molecule has 1 aromatic carbocycles. The summed E-state index contributed by atoms with van der Waals surface area (Å²) in [6.45, 7) is 3.04. The summed E-state index contributed by atoms with van der Waals surface area (Å²) in [5.74, 6) is 0. The summed E-state index contributed by atoms with van der Waals surface area (Å²) in [5, 5.41) is 11.6. The molecule has 0 radical (unpaired) electrons. The molecule has 0 bridgehead atoms. The van der Waals surface area contributed by atoms with Gasteiger partial charge in [0.1, 0.15) is 0 Å². The molecule has 1 heterocycles. The van der Waals surface area contributed by atoms with Gasteiger partial charge in [-0.25, -0.2) is 4.79 Å². The number of anilines is 1. The highest BCUT2D eigenvalue weighted by molar-refractivity contribution is 7.16. The van der Waals surface area contributed by atoms with E-state index in [0.29, 0.717) is 28.7 Å². The molecule has 0 saturated carbocycles. The fourth-order valence-corrected chi connectivity index (χ4v) is 2.89. The van der Waals surface area contributed by atoms with Crippen molar-refractivity contribution >= 4 is 34.7 Å².